The Labute approximate surface area is 132 Å². The zero-order chi connectivity index (χ0) is 15.8. The molecule has 0 aliphatic heterocycles. The predicted octanol–water partition coefficient (Wildman–Crippen LogP) is 3.15. The van der Waals surface area contributed by atoms with Crippen LogP contribution in [0.15, 0.2) is 59.8 Å². The number of hydrogen-bond donors (Lipinski definition) is 0. The molecule has 0 radical (unpaired) electrons. The summed E-state index contributed by atoms with van der Waals surface area (Å²) in [6.45, 7) is 2.86. The first-order valence-corrected chi connectivity index (χ1v) is 7.71. The van der Waals surface area contributed by atoms with Gasteiger partial charge >= 0.3 is 0 Å². The smallest absolute Gasteiger partial charge is 0.282 e. The molecule has 0 saturated carbocycles. The van der Waals surface area contributed by atoms with Crippen LogP contribution in [-0.2, 0) is 6.54 Å². The van der Waals surface area contributed by atoms with E-state index in [0.29, 0.717) is 11.2 Å². The van der Waals surface area contributed by atoms with Gasteiger partial charge in [0.15, 0.2) is 0 Å². The fraction of sp³-hybridized carbons (Fsp3) is 0.167. The number of aromatic nitrogens is 4. The van der Waals surface area contributed by atoms with E-state index in [1.165, 1.54) is 0 Å². The summed E-state index contributed by atoms with van der Waals surface area (Å²) >= 11 is 0. The van der Waals surface area contributed by atoms with Crippen molar-refractivity contribution in [2.45, 2.75) is 19.9 Å². The second-order valence-electron chi connectivity index (χ2n) is 5.49. The van der Waals surface area contributed by atoms with Crippen molar-refractivity contribution in [1.82, 2.24) is 19.1 Å². The quantitative estimate of drug-likeness (QED) is 0.584. The Kier molecular flexibility index (Phi) is 3.19. The number of hydrogen-bond acceptors (Lipinski definition) is 3. The van der Waals surface area contributed by atoms with Crippen molar-refractivity contribution >= 4 is 22.1 Å². The van der Waals surface area contributed by atoms with Crippen molar-refractivity contribution in [2.75, 3.05) is 0 Å². The molecule has 0 aliphatic rings. The maximum atomic E-state index is 13.2. The Morgan fingerprint density at radius 2 is 1.87 bits per heavy atom. The van der Waals surface area contributed by atoms with Crippen molar-refractivity contribution in [3.8, 4) is 5.69 Å². The SMILES string of the molecule is CCCn1cnc2c3cccnc3n(-c3ccccc3)c(=O)c21. The van der Waals surface area contributed by atoms with Crippen LogP contribution in [0.2, 0.25) is 0 Å². The molecule has 0 saturated heterocycles. The fourth-order valence-corrected chi connectivity index (χ4v) is 2.99. The molecule has 0 spiro atoms. The molecular weight excluding hydrogens is 288 g/mol. The van der Waals surface area contributed by atoms with E-state index in [1.54, 1.807) is 17.1 Å². The lowest BCUT2D eigenvalue weighted by Crippen LogP contribution is -2.22. The van der Waals surface area contributed by atoms with Gasteiger partial charge in [0.25, 0.3) is 5.56 Å². The summed E-state index contributed by atoms with van der Waals surface area (Å²) in [5, 5.41) is 0.890. The lowest BCUT2D eigenvalue weighted by Gasteiger charge is -2.11. The van der Waals surface area contributed by atoms with Crippen molar-refractivity contribution in [3.63, 3.8) is 0 Å². The molecule has 0 unspecified atom stereocenters. The van der Waals surface area contributed by atoms with Crippen molar-refractivity contribution in [3.05, 3.63) is 65.3 Å². The Bertz CT molecular complexity index is 1050. The molecule has 0 N–H and O–H groups in total. The van der Waals surface area contributed by atoms with E-state index in [4.69, 9.17) is 0 Å². The molecule has 0 atom stereocenters. The molecule has 0 aliphatic carbocycles. The van der Waals surface area contributed by atoms with E-state index < -0.39 is 0 Å². The monoisotopic (exact) mass is 304 g/mol. The van der Waals surface area contributed by atoms with Gasteiger partial charge < -0.3 is 4.57 Å². The third kappa shape index (κ3) is 2.04. The molecule has 4 aromatic rings. The maximum absolute atomic E-state index is 13.2. The van der Waals surface area contributed by atoms with E-state index in [9.17, 15) is 4.79 Å². The van der Waals surface area contributed by atoms with Crippen LogP contribution in [0.3, 0.4) is 0 Å². The van der Waals surface area contributed by atoms with Gasteiger partial charge in [0, 0.05) is 18.1 Å². The van der Waals surface area contributed by atoms with Gasteiger partial charge in [-0.2, -0.15) is 0 Å². The Morgan fingerprint density at radius 1 is 1.04 bits per heavy atom. The highest BCUT2D eigenvalue weighted by Crippen LogP contribution is 2.22. The van der Waals surface area contributed by atoms with E-state index in [2.05, 4.69) is 16.9 Å². The van der Waals surface area contributed by atoms with Crippen LogP contribution in [-0.4, -0.2) is 19.1 Å². The number of fused-ring (bicyclic) bond motifs is 3. The average Bonchev–Trinajstić information content (AvgIpc) is 3.01. The summed E-state index contributed by atoms with van der Waals surface area (Å²) in [6.07, 6.45) is 4.40. The molecule has 1 aromatic carbocycles. The largest absolute Gasteiger partial charge is 0.326 e. The first-order chi connectivity index (χ1) is 11.3. The standard InChI is InChI=1S/C18H16N4O/c1-2-11-21-12-20-15-14-9-6-10-19-17(14)22(18(23)16(15)21)13-7-4-3-5-8-13/h3-10,12H,2,11H2,1H3. The summed E-state index contributed by atoms with van der Waals surface area (Å²) in [5.41, 5.74) is 2.73. The fourth-order valence-electron chi connectivity index (χ4n) is 2.99. The minimum Gasteiger partial charge on any atom is -0.326 e. The number of benzene rings is 1. The number of rotatable bonds is 3. The van der Waals surface area contributed by atoms with E-state index >= 15 is 0 Å². The first-order valence-electron chi connectivity index (χ1n) is 7.71. The third-order valence-electron chi connectivity index (χ3n) is 3.98. The molecule has 5 nitrogen and oxygen atoms in total. The van der Waals surface area contributed by atoms with Gasteiger partial charge in [-0.3, -0.25) is 9.36 Å². The lowest BCUT2D eigenvalue weighted by atomic mass is 10.2. The number of pyridine rings is 2. The van der Waals surface area contributed by atoms with Gasteiger partial charge in [-0.05, 0) is 30.7 Å². The summed E-state index contributed by atoms with van der Waals surface area (Å²) < 4.78 is 3.61. The molecule has 5 heteroatoms. The minimum atomic E-state index is -0.0802. The molecule has 23 heavy (non-hydrogen) atoms. The second-order valence-corrected chi connectivity index (χ2v) is 5.49. The van der Waals surface area contributed by atoms with Gasteiger partial charge in [-0.1, -0.05) is 25.1 Å². The van der Waals surface area contributed by atoms with Crippen LogP contribution < -0.4 is 5.56 Å². The zero-order valence-electron chi connectivity index (χ0n) is 12.8. The highest BCUT2D eigenvalue weighted by Gasteiger charge is 2.16. The number of imidazole rings is 1. The summed E-state index contributed by atoms with van der Waals surface area (Å²) in [5.74, 6) is 0. The molecule has 0 fully saturated rings. The molecule has 4 rings (SSSR count). The predicted molar refractivity (Wildman–Crippen MR) is 90.9 cm³/mol. The number of aryl methyl sites for hydroxylation is 1. The molecule has 114 valence electrons. The van der Waals surface area contributed by atoms with Gasteiger partial charge in [-0.25, -0.2) is 9.97 Å². The highest BCUT2D eigenvalue weighted by atomic mass is 16.1. The average molecular weight is 304 g/mol. The van der Waals surface area contributed by atoms with E-state index in [0.717, 1.165) is 29.6 Å². The highest BCUT2D eigenvalue weighted by molar-refractivity contribution is 6.01. The van der Waals surface area contributed by atoms with Gasteiger partial charge in [-0.15, -0.1) is 0 Å². The Morgan fingerprint density at radius 3 is 2.65 bits per heavy atom. The van der Waals surface area contributed by atoms with Gasteiger partial charge in [0.05, 0.1) is 12.0 Å². The first kappa shape index (κ1) is 13.7. The minimum absolute atomic E-state index is 0.0802. The molecule has 3 heterocycles. The maximum Gasteiger partial charge on any atom is 0.282 e. The van der Waals surface area contributed by atoms with Crippen LogP contribution in [0, 0.1) is 0 Å². The van der Waals surface area contributed by atoms with Crippen molar-refractivity contribution in [2.24, 2.45) is 0 Å². The van der Waals surface area contributed by atoms with Crippen LogP contribution in [0.4, 0.5) is 0 Å². The zero-order valence-corrected chi connectivity index (χ0v) is 12.8. The van der Waals surface area contributed by atoms with Crippen LogP contribution >= 0.6 is 0 Å². The molecule has 3 aromatic heterocycles. The second kappa shape index (κ2) is 5.35. The topological polar surface area (TPSA) is 52.7 Å². The summed E-state index contributed by atoms with van der Waals surface area (Å²) in [6, 6.07) is 13.5. The number of para-hydroxylation sites is 1. The summed E-state index contributed by atoms with van der Waals surface area (Å²) in [7, 11) is 0. The molecular formula is C18H16N4O. The van der Waals surface area contributed by atoms with Gasteiger partial charge in [0.2, 0.25) is 0 Å². The Hall–Kier alpha value is -2.95. The van der Waals surface area contributed by atoms with Crippen molar-refractivity contribution in [1.29, 1.82) is 0 Å². The third-order valence-corrected chi connectivity index (χ3v) is 3.98. The van der Waals surface area contributed by atoms with Gasteiger partial charge in [0.1, 0.15) is 16.7 Å². The van der Waals surface area contributed by atoms with E-state index in [-0.39, 0.29) is 5.56 Å². The van der Waals surface area contributed by atoms with Crippen LogP contribution in [0.1, 0.15) is 13.3 Å². The lowest BCUT2D eigenvalue weighted by molar-refractivity contribution is 0.694. The normalized spacial score (nSPS) is 11.3. The van der Waals surface area contributed by atoms with Crippen molar-refractivity contribution < 1.29 is 0 Å². The Balaban J connectivity index is 2.21. The molecule has 0 bridgehead atoms. The van der Waals surface area contributed by atoms with Crippen LogP contribution in [0.5, 0.6) is 0 Å². The van der Waals surface area contributed by atoms with E-state index in [1.807, 2.05) is 47.0 Å². The number of nitrogens with zero attached hydrogens (tertiary/aromatic N) is 4. The summed E-state index contributed by atoms with van der Waals surface area (Å²) in [4.78, 5) is 22.1. The molecule has 0 amide bonds. The van der Waals surface area contributed by atoms with Crippen LogP contribution in [0.25, 0.3) is 27.8 Å².